The highest BCUT2D eigenvalue weighted by molar-refractivity contribution is 5.81. The molecule has 0 radical (unpaired) electrons. The zero-order chi connectivity index (χ0) is 10.6. The number of rotatable bonds is 3. The van der Waals surface area contributed by atoms with Crippen molar-refractivity contribution in [3.63, 3.8) is 0 Å². The van der Waals surface area contributed by atoms with E-state index in [0.29, 0.717) is 0 Å². The Bertz CT molecular complexity index is 313. The molecule has 14 heavy (non-hydrogen) atoms. The van der Waals surface area contributed by atoms with Crippen LogP contribution in [0.5, 0.6) is 0 Å². The Balaban J connectivity index is 3.08. The average Bonchev–Trinajstić information content (AvgIpc) is 2.28. The molecule has 1 rings (SSSR count). The molecule has 1 N–H and O–H groups in total. The van der Waals surface area contributed by atoms with Gasteiger partial charge in [0.15, 0.2) is 0 Å². The summed E-state index contributed by atoms with van der Waals surface area (Å²) in [7, 11) is 3.09. The monoisotopic (exact) mass is 194 g/mol. The molecule has 0 saturated heterocycles. The van der Waals surface area contributed by atoms with Gasteiger partial charge in [-0.3, -0.25) is 4.98 Å². The van der Waals surface area contributed by atoms with Crippen LogP contribution in [0, 0.1) is 0 Å². The topological polar surface area (TPSA) is 51.2 Å². The maximum atomic E-state index is 11.6. The smallest absolute Gasteiger partial charge is 0.330 e. The van der Waals surface area contributed by atoms with Crippen LogP contribution in [-0.2, 0) is 15.1 Å². The van der Waals surface area contributed by atoms with Crippen LogP contribution in [0.3, 0.4) is 0 Å². The van der Waals surface area contributed by atoms with Crippen molar-refractivity contribution in [3.8, 4) is 0 Å². The van der Waals surface area contributed by atoms with E-state index in [1.54, 1.807) is 38.5 Å². The highest BCUT2D eigenvalue weighted by atomic mass is 16.5. The molecule has 1 heterocycles. The molecular weight excluding hydrogens is 180 g/mol. The number of nitrogens with zero attached hydrogens (tertiary/aromatic N) is 1. The van der Waals surface area contributed by atoms with Gasteiger partial charge in [0.05, 0.1) is 7.11 Å². The summed E-state index contributed by atoms with van der Waals surface area (Å²) < 4.78 is 4.74. The minimum Gasteiger partial charge on any atom is -0.467 e. The lowest BCUT2D eigenvalue weighted by Gasteiger charge is -2.26. The molecule has 0 bridgehead atoms. The van der Waals surface area contributed by atoms with E-state index in [1.165, 1.54) is 7.11 Å². The summed E-state index contributed by atoms with van der Waals surface area (Å²) in [6.45, 7) is 1.77. The van der Waals surface area contributed by atoms with Gasteiger partial charge in [0.2, 0.25) is 0 Å². The quantitative estimate of drug-likeness (QED) is 0.719. The predicted octanol–water partition coefficient (Wildman–Crippen LogP) is 0.689. The lowest BCUT2D eigenvalue weighted by molar-refractivity contribution is -0.148. The third kappa shape index (κ3) is 1.75. The number of pyridine rings is 1. The van der Waals surface area contributed by atoms with Crippen molar-refractivity contribution < 1.29 is 9.53 Å². The first kappa shape index (κ1) is 10.7. The Hall–Kier alpha value is -1.42. The van der Waals surface area contributed by atoms with Crippen LogP contribution in [0.25, 0.3) is 0 Å². The summed E-state index contributed by atoms with van der Waals surface area (Å²) in [6.07, 6.45) is 3.29. The third-order valence-electron chi connectivity index (χ3n) is 2.35. The zero-order valence-electron chi connectivity index (χ0n) is 8.57. The van der Waals surface area contributed by atoms with Gasteiger partial charge in [-0.1, -0.05) is 0 Å². The molecule has 1 atom stereocenters. The van der Waals surface area contributed by atoms with Gasteiger partial charge >= 0.3 is 5.97 Å². The molecule has 4 heteroatoms. The van der Waals surface area contributed by atoms with Crippen LogP contribution in [0.4, 0.5) is 0 Å². The van der Waals surface area contributed by atoms with Crippen LogP contribution in [0.1, 0.15) is 12.5 Å². The summed E-state index contributed by atoms with van der Waals surface area (Å²) in [5, 5.41) is 2.94. The van der Waals surface area contributed by atoms with Crippen molar-refractivity contribution in [2.75, 3.05) is 14.2 Å². The fourth-order valence-electron chi connectivity index (χ4n) is 1.25. The second kappa shape index (κ2) is 4.19. The average molecular weight is 194 g/mol. The molecule has 0 aliphatic carbocycles. The van der Waals surface area contributed by atoms with Crippen LogP contribution in [0.15, 0.2) is 24.5 Å². The number of carbonyl (C=O) groups excluding carboxylic acids is 1. The van der Waals surface area contributed by atoms with E-state index < -0.39 is 5.54 Å². The summed E-state index contributed by atoms with van der Waals surface area (Å²) in [5.74, 6) is -0.314. The van der Waals surface area contributed by atoms with E-state index in [1.807, 2.05) is 0 Å². The van der Waals surface area contributed by atoms with E-state index >= 15 is 0 Å². The van der Waals surface area contributed by atoms with Gasteiger partial charge < -0.3 is 10.1 Å². The van der Waals surface area contributed by atoms with Crippen molar-refractivity contribution in [2.45, 2.75) is 12.5 Å². The molecule has 0 aliphatic heterocycles. The van der Waals surface area contributed by atoms with Gasteiger partial charge in [0, 0.05) is 12.4 Å². The summed E-state index contributed by atoms with van der Waals surface area (Å²) in [5.41, 5.74) is 0.0272. The molecule has 1 unspecified atom stereocenters. The first-order chi connectivity index (χ1) is 6.65. The number of likely N-dealkylation sites (N-methyl/N-ethyl adjacent to an activating group) is 1. The van der Waals surface area contributed by atoms with Crippen molar-refractivity contribution in [1.82, 2.24) is 10.3 Å². The van der Waals surface area contributed by atoms with Gasteiger partial charge in [0.25, 0.3) is 0 Å². The fraction of sp³-hybridized carbons (Fsp3) is 0.400. The number of esters is 1. The van der Waals surface area contributed by atoms with Gasteiger partial charge in [0.1, 0.15) is 5.54 Å². The highest BCUT2D eigenvalue weighted by Crippen LogP contribution is 2.20. The molecule has 4 nitrogen and oxygen atoms in total. The van der Waals surface area contributed by atoms with Crippen molar-refractivity contribution in [1.29, 1.82) is 0 Å². The second-order valence-electron chi connectivity index (χ2n) is 3.10. The molecular formula is C10H14N2O2. The summed E-state index contributed by atoms with van der Waals surface area (Å²) in [6, 6.07) is 3.57. The third-order valence-corrected chi connectivity index (χ3v) is 2.35. The van der Waals surface area contributed by atoms with Crippen LogP contribution in [0.2, 0.25) is 0 Å². The maximum absolute atomic E-state index is 11.6. The number of aromatic nitrogens is 1. The normalized spacial score (nSPS) is 14.5. The van der Waals surface area contributed by atoms with E-state index in [0.717, 1.165) is 5.56 Å². The molecule has 0 saturated carbocycles. The highest BCUT2D eigenvalue weighted by Gasteiger charge is 2.34. The molecule has 0 spiro atoms. The molecule has 1 aromatic rings. The number of methoxy groups -OCH3 is 1. The first-order valence-electron chi connectivity index (χ1n) is 4.33. The van der Waals surface area contributed by atoms with Crippen LogP contribution < -0.4 is 5.32 Å². The molecule has 0 amide bonds. The molecule has 1 aromatic heterocycles. The second-order valence-corrected chi connectivity index (χ2v) is 3.10. The first-order valence-corrected chi connectivity index (χ1v) is 4.33. The van der Waals surface area contributed by atoms with Gasteiger partial charge in [-0.2, -0.15) is 0 Å². The minimum absolute atomic E-state index is 0.314. The van der Waals surface area contributed by atoms with Gasteiger partial charge in [-0.25, -0.2) is 4.79 Å². The SMILES string of the molecule is CNC(C)(C(=O)OC)c1ccncc1. The molecule has 0 aliphatic rings. The number of nitrogens with one attached hydrogen (secondary N) is 1. The predicted molar refractivity (Wildman–Crippen MR) is 52.7 cm³/mol. The van der Waals surface area contributed by atoms with Gasteiger partial charge in [-0.05, 0) is 31.7 Å². The molecule has 0 fully saturated rings. The lowest BCUT2D eigenvalue weighted by atomic mass is 9.93. The molecule has 76 valence electrons. The van der Waals surface area contributed by atoms with Crippen LogP contribution >= 0.6 is 0 Å². The maximum Gasteiger partial charge on any atom is 0.330 e. The summed E-state index contributed by atoms with van der Waals surface area (Å²) in [4.78, 5) is 15.5. The van der Waals surface area contributed by atoms with E-state index in [-0.39, 0.29) is 5.97 Å². The van der Waals surface area contributed by atoms with E-state index in [2.05, 4.69) is 10.3 Å². The van der Waals surface area contributed by atoms with Crippen molar-refractivity contribution in [3.05, 3.63) is 30.1 Å². The Kier molecular flexibility index (Phi) is 3.19. The standard InChI is InChI=1S/C10H14N2O2/c1-10(11-2,9(13)14-3)8-4-6-12-7-5-8/h4-7,11H,1-3H3. The van der Waals surface area contributed by atoms with Crippen LogP contribution in [-0.4, -0.2) is 25.1 Å². The summed E-state index contributed by atoms with van der Waals surface area (Å²) >= 11 is 0. The minimum atomic E-state index is -0.808. The van der Waals surface area contributed by atoms with E-state index in [4.69, 9.17) is 4.74 Å². The fourth-order valence-corrected chi connectivity index (χ4v) is 1.25. The zero-order valence-corrected chi connectivity index (χ0v) is 8.57. The lowest BCUT2D eigenvalue weighted by Crippen LogP contribution is -2.45. The Labute approximate surface area is 83.3 Å². The van der Waals surface area contributed by atoms with E-state index in [9.17, 15) is 4.79 Å². The Morgan fingerprint density at radius 2 is 2.07 bits per heavy atom. The van der Waals surface area contributed by atoms with Crippen molar-refractivity contribution in [2.24, 2.45) is 0 Å². The Morgan fingerprint density at radius 3 is 2.50 bits per heavy atom. The van der Waals surface area contributed by atoms with Crippen molar-refractivity contribution >= 4 is 5.97 Å². The Morgan fingerprint density at radius 1 is 1.50 bits per heavy atom. The number of ether oxygens (including phenoxy) is 1. The van der Waals surface area contributed by atoms with Gasteiger partial charge in [-0.15, -0.1) is 0 Å². The number of carbonyl (C=O) groups is 1. The number of hydrogen-bond acceptors (Lipinski definition) is 4. The number of hydrogen-bond donors (Lipinski definition) is 1. The largest absolute Gasteiger partial charge is 0.467 e. The molecule has 0 aromatic carbocycles.